The molecule has 2 rings (SSSR count). The molecule has 0 aromatic heterocycles. The molecule has 1 aromatic carbocycles. The summed E-state index contributed by atoms with van der Waals surface area (Å²) in [4.78, 5) is 16.4. The highest BCUT2D eigenvalue weighted by Crippen LogP contribution is 2.31. The highest BCUT2D eigenvalue weighted by molar-refractivity contribution is 7.91. The van der Waals surface area contributed by atoms with Gasteiger partial charge in [0.05, 0.1) is 29.5 Å². The van der Waals surface area contributed by atoms with Crippen LogP contribution in [0.2, 0.25) is 0 Å². The summed E-state index contributed by atoms with van der Waals surface area (Å²) in [6.07, 6.45) is 1.48. The van der Waals surface area contributed by atoms with Crippen LogP contribution in [-0.4, -0.2) is 46.6 Å². The van der Waals surface area contributed by atoms with Crippen LogP contribution in [0.3, 0.4) is 0 Å². The summed E-state index contributed by atoms with van der Waals surface area (Å²) in [5.74, 6) is 0.00808. The quantitative estimate of drug-likeness (QED) is 0.618. The minimum absolute atomic E-state index is 0.00808. The molecule has 0 amide bonds. The Morgan fingerprint density at radius 1 is 1.35 bits per heavy atom. The van der Waals surface area contributed by atoms with Crippen LogP contribution in [0.5, 0.6) is 0 Å². The Morgan fingerprint density at radius 3 is 2.65 bits per heavy atom. The molecule has 0 N–H and O–H groups in total. The number of rotatable bonds is 4. The topological polar surface area (TPSA) is 76.0 Å². The van der Waals surface area contributed by atoms with Gasteiger partial charge in [-0.05, 0) is 18.2 Å². The summed E-state index contributed by atoms with van der Waals surface area (Å²) in [5.41, 5.74) is 1.06. The van der Waals surface area contributed by atoms with Gasteiger partial charge in [0.15, 0.2) is 9.84 Å². The van der Waals surface area contributed by atoms with Crippen molar-refractivity contribution in [2.24, 2.45) is 4.99 Å². The molecule has 6 nitrogen and oxygen atoms in total. The first-order valence-electron chi connectivity index (χ1n) is 6.36. The number of benzene rings is 1. The molecule has 20 heavy (non-hydrogen) atoms. The molecular formula is C13H16N2O4S. The zero-order valence-corrected chi connectivity index (χ0v) is 12.0. The molecule has 0 radical (unpaired) electrons. The molecule has 1 aromatic rings. The minimum atomic E-state index is -3.32. The number of morpholine rings is 1. The number of hydrogen-bond donors (Lipinski definition) is 0. The van der Waals surface area contributed by atoms with Crippen molar-refractivity contribution in [3.63, 3.8) is 0 Å². The van der Waals surface area contributed by atoms with E-state index in [1.54, 1.807) is 19.1 Å². The van der Waals surface area contributed by atoms with E-state index in [9.17, 15) is 13.2 Å². The Bertz CT molecular complexity index is 630. The van der Waals surface area contributed by atoms with Gasteiger partial charge in [-0.1, -0.05) is 6.92 Å². The Labute approximate surface area is 118 Å². The number of hydrogen-bond acceptors (Lipinski definition) is 6. The first-order chi connectivity index (χ1) is 9.58. The molecular weight excluding hydrogens is 280 g/mol. The van der Waals surface area contributed by atoms with Crippen molar-refractivity contribution in [1.29, 1.82) is 0 Å². The number of ether oxygens (including phenoxy) is 1. The maximum Gasteiger partial charge on any atom is 0.240 e. The number of carbonyl (C=O) groups excluding carboxylic acids is 1. The van der Waals surface area contributed by atoms with Gasteiger partial charge in [-0.3, -0.25) is 0 Å². The van der Waals surface area contributed by atoms with Crippen molar-refractivity contribution >= 4 is 27.3 Å². The van der Waals surface area contributed by atoms with Crippen molar-refractivity contribution in [2.75, 3.05) is 37.0 Å². The van der Waals surface area contributed by atoms with Crippen LogP contribution in [0, 0.1) is 0 Å². The third kappa shape index (κ3) is 3.07. The Hall–Kier alpha value is -1.69. The van der Waals surface area contributed by atoms with Crippen LogP contribution < -0.4 is 4.90 Å². The van der Waals surface area contributed by atoms with Gasteiger partial charge in [0, 0.05) is 13.1 Å². The maximum atomic E-state index is 11.9. The van der Waals surface area contributed by atoms with Gasteiger partial charge < -0.3 is 9.64 Å². The second kappa shape index (κ2) is 6.17. The molecule has 0 spiro atoms. The van der Waals surface area contributed by atoms with Gasteiger partial charge in [0.25, 0.3) is 0 Å². The second-order valence-corrected chi connectivity index (χ2v) is 6.63. The molecule has 1 saturated heterocycles. The van der Waals surface area contributed by atoms with Crippen molar-refractivity contribution in [2.45, 2.75) is 11.8 Å². The number of aliphatic imine (C=N–C) groups is 1. The second-order valence-electron chi connectivity index (χ2n) is 4.36. The van der Waals surface area contributed by atoms with Gasteiger partial charge in [-0.2, -0.15) is 4.99 Å². The minimum Gasteiger partial charge on any atom is -0.378 e. The predicted molar refractivity (Wildman–Crippen MR) is 75.0 cm³/mol. The smallest absolute Gasteiger partial charge is 0.240 e. The number of anilines is 1. The SMILES string of the molecule is CCS(=O)(=O)c1ccc(N2CCOCC2)c(N=C=O)c1. The lowest BCUT2D eigenvalue weighted by atomic mass is 10.2. The zero-order chi connectivity index (χ0) is 14.6. The normalized spacial score (nSPS) is 15.8. The zero-order valence-electron chi connectivity index (χ0n) is 11.2. The van der Waals surface area contributed by atoms with Crippen LogP contribution in [-0.2, 0) is 19.4 Å². The van der Waals surface area contributed by atoms with E-state index in [1.165, 1.54) is 12.1 Å². The van der Waals surface area contributed by atoms with E-state index in [1.807, 2.05) is 4.90 Å². The van der Waals surface area contributed by atoms with Crippen molar-refractivity contribution in [1.82, 2.24) is 0 Å². The van der Waals surface area contributed by atoms with Crippen LogP contribution in [0.25, 0.3) is 0 Å². The van der Waals surface area contributed by atoms with Crippen molar-refractivity contribution in [3.8, 4) is 0 Å². The van der Waals surface area contributed by atoms with Crippen molar-refractivity contribution in [3.05, 3.63) is 18.2 Å². The fraction of sp³-hybridized carbons (Fsp3) is 0.462. The lowest BCUT2D eigenvalue weighted by Crippen LogP contribution is -2.36. The lowest BCUT2D eigenvalue weighted by Gasteiger charge is -2.29. The number of nitrogens with zero attached hydrogens (tertiary/aromatic N) is 2. The first kappa shape index (κ1) is 14.7. The summed E-state index contributed by atoms with van der Waals surface area (Å²) < 4.78 is 29.0. The third-order valence-electron chi connectivity index (χ3n) is 3.20. The third-order valence-corrected chi connectivity index (χ3v) is 4.94. The Morgan fingerprint density at radius 2 is 2.05 bits per heavy atom. The van der Waals surface area contributed by atoms with Crippen LogP contribution in [0.1, 0.15) is 6.92 Å². The number of isocyanates is 1. The summed E-state index contributed by atoms with van der Waals surface area (Å²) in [7, 11) is -3.32. The average Bonchev–Trinajstić information content (AvgIpc) is 2.48. The van der Waals surface area contributed by atoms with Gasteiger partial charge in [-0.25, -0.2) is 13.2 Å². The highest BCUT2D eigenvalue weighted by Gasteiger charge is 2.18. The van der Waals surface area contributed by atoms with E-state index < -0.39 is 9.84 Å². The Kier molecular flexibility index (Phi) is 4.54. The monoisotopic (exact) mass is 296 g/mol. The van der Waals surface area contributed by atoms with Crippen LogP contribution in [0.15, 0.2) is 28.1 Å². The van der Waals surface area contributed by atoms with Gasteiger partial charge in [-0.15, -0.1) is 0 Å². The lowest BCUT2D eigenvalue weighted by molar-refractivity contribution is 0.123. The molecule has 108 valence electrons. The molecule has 1 fully saturated rings. The molecule has 7 heteroatoms. The molecule has 1 aliphatic heterocycles. The molecule has 0 bridgehead atoms. The molecule has 0 saturated carbocycles. The summed E-state index contributed by atoms with van der Waals surface area (Å²) >= 11 is 0. The maximum absolute atomic E-state index is 11.9. The van der Waals surface area contributed by atoms with E-state index >= 15 is 0 Å². The summed E-state index contributed by atoms with van der Waals surface area (Å²) in [6, 6.07) is 4.66. The highest BCUT2D eigenvalue weighted by atomic mass is 32.2. The van der Waals surface area contributed by atoms with Crippen LogP contribution >= 0.6 is 0 Å². The number of sulfone groups is 1. The molecule has 1 heterocycles. The molecule has 0 unspecified atom stereocenters. The van der Waals surface area contributed by atoms with E-state index in [2.05, 4.69) is 4.99 Å². The standard InChI is InChI=1S/C13H16N2O4S/c1-2-20(17,18)11-3-4-13(12(9-11)14-10-16)15-5-7-19-8-6-15/h3-4,9H,2,5-8H2,1H3. The molecule has 0 aliphatic carbocycles. The van der Waals surface area contributed by atoms with Gasteiger partial charge in [0.1, 0.15) is 5.69 Å². The summed E-state index contributed by atoms with van der Waals surface area (Å²) in [5, 5.41) is 0. The van der Waals surface area contributed by atoms with Crippen LogP contribution in [0.4, 0.5) is 11.4 Å². The Balaban J connectivity index is 2.45. The summed E-state index contributed by atoms with van der Waals surface area (Å²) in [6.45, 7) is 4.13. The van der Waals surface area contributed by atoms with Gasteiger partial charge in [0.2, 0.25) is 6.08 Å². The largest absolute Gasteiger partial charge is 0.378 e. The van der Waals surface area contributed by atoms with E-state index in [4.69, 9.17) is 4.74 Å². The molecule has 1 aliphatic rings. The fourth-order valence-electron chi connectivity index (χ4n) is 2.07. The van der Waals surface area contributed by atoms with E-state index in [-0.39, 0.29) is 10.6 Å². The average molecular weight is 296 g/mol. The van der Waals surface area contributed by atoms with Gasteiger partial charge >= 0.3 is 0 Å². The fourth-order valence-corrected chi connectivity index (χ4v) is 2.97. The predicted octanol–water partition coefficient (Wildman–Crippen LogP) is 1.28. The van der Waals surface area contributed by atoms with Crippen molar-refractivity contribution < 1.29 is 17.9 Å². The first-order valence-corrected chi connectivity index (χ1v) is 8.01. The molecule has 0 atom stereocenters. The van der Waals surface area contributed by atoms with E-state index in [0.29, 0.717) is 32.0 Å². The van der Waals surface area contributed by atoms with E-state index in [0.717, 1.165) is 5.69 Å².